The highest BCUT2D eigenvalue weighted by atomic mass is 79.9. The number of aryl methyl sites for hydroxylation is 1. The second-order valence-electron chi connectivity index (χ2n) is 4.24. The maximum absolute atomic E-state index is 4.47. The summed E-state index contributed by atoms with van der Waals surface area (Å²) in [5, 5.41) is 2.05. The van der Waals surface area contributed by atoms with Crippen molar-refractivity contribution in [3.63, 3.8) is 0 Å². The van der Waals surface area contributed by atoms with Gasteiger partial charge in [0, 0.05) is 32.4 Å². The highest BCUT2D eigenvalue weighted by molar-refractivity contribution is 9.10. The van der Waals surface area contributed by atoms with Gasteiger partial charge >= 0.3 is 0 Å². The van der Waals surface area contributed by atoms with Crippen LogP contribution >= 0.6 is 15.9 Å². The molecule has 0 saturated heterocycles. The minimum atomic E-state index is 0.866. The zero-order chi connectivity index (χ0) is 12.0. The van der Waals surface area contributed by atoms with E-state index in [1.165, 1.54) is 11.3 Å². The Labute approximate surface area is 108 Å². The van der Waals surface area contributed by atoms with Crippen LogP contribution in [0, 0.1) is 0 Å². The van der Waals surface area contributed by atoms with Gasteiger partial charge in [-0.25, -0.2) is 10.4 Å². The second kappa shape index (κ2) is 3.85. The summed E-state index contributed by atoms with van der Waals surface area (Å²) in [4.78, 5) is 4.47. The number of aromatic nitrogens is 2. The second-order valence-corrected chi connectivity index (χ2v) is 5.05. The number of benzene rings is 1. The normalized spacial score (nSPS) is 14.2. The minimum Gasteiger partial charge on any atom is -0.333 e. The third-order valence-corrected chi connectivity index (χ3v) is 3.43. The van der Waals surface area contributed by atoms with Gasteiger partial charge in [0.05, 0.1) is 5.69 Å². The molecule has 1 aliphatic heterocycles. The van der Waals surface area contributed by atoms with Gasteiger partial charge in [0.2, 0.25) is 0 Å². The lowest BCUT2D eigenvalue weighted by Gasteiger charge is -2.11. The van der Waals surface area contributed by atoms with Gasteiger partial charge < -0.3 is 9.58 Å². The fourth-order valence-corrected chi connectivity index (χ4v) is 2.66. The summed E-state index contributed by atoms with van der Waals surface area (Å²) in [6.45, 7) is 0.880. The molecule has 4 nitrogen and oxygen atoms in total. The summed E-state index contributed by atoms with van der Waals surface area (Å²) in [7, 11) is 4.04. The number of halogens is 1. The average molecular weight is 293 g/mol. The molecular weight excluding hydrogens is 280 g/mol. The molecule has 0 amide bonds. The number of hydrogen-bond donors (Lipinski definition) is 1. The lowest BCUT2D eigenvalue weighted by molar-refractivity contribution is 0.734. The summed E-state index contributed by atoms with van der Waals surface area (Å²) in [5.74, 6) is 0.981. The highest BCUT2D eigenvalue weighted by Crippen LogP contribution is 2.29. The van der Waals surface area contributed by atoms with Crippen LogP contribution in [0.4, 0.5) is 5.69 Å². The SMILES string of the molecule is CN1NCc2cc(-c3nc(Br)cn3C)ccc21. The quantitative estimate of drug-likeness (QED) is 0.876. The van der Waals surface area contributed by atoms with Crippen LogP contribution in [-0.4, -0.2) is 16.6 Å². The molecule has 5 heteroatoms. The largest absolute Gasteiger partial charge is 0.333 e. The zero-order valence-corrected chi connectivity index (χ0v) is 11.3. The molecule has 2 aromatic rings. The molecule has 88 valence electrons. The van der Waals surface area contributed by atoms with Gasteiger partial charge in [-0.1, -0.05) is 0 Å². The summed E-state index contributed by atoms with van der Waals surface area (Å²) in [5.41, 5.74) is 6.97. The van der Waals surface area contributed by atoms with E-state index in [4.69, 9.17) is 0 Å². The van der Waals surface area contributed by atoms with Crippen molar-refractivity contribution in [3.05, 3.63) is 34.6 Å². The van der Waals surface area contributed by atoms with E-state index >= 15 is 0 Å². The van der Waals surface area contributed by atoms with Gasteiger partial charge in [-0.2, -0.15) is 0 Å². The Hall–Kier alpha value is -1.33. The van der Waals surface area contributed by atoms with Crippen LogP contribution in [0.15, 0.2) is 29.0 Å². The number of nitrogens with zero attached hydrogens (tertiary/aromatic N) is 3. The number of anilines is 1. The van der Waals surface area contributed by atoms with E-state index in [-0.39, 0.29) is 0 Å². The van der Waals surface area contributed by atoms with Gasteiger partial charge in [0.25, 0.3) is 0 Å². The molecule has 1 aromatic carbocycles. The maximum atomic E-state index is 4.47. The van der Waals surface area contributed by atoms with E-state index in [2.05, 4.69) is 44.5 Å². The van der Waals surface area contributed by atoms with E-state index in [0.717, 1.165) is 22.5 Å². The number of hydrogen-bond acceptors (Lipinski definition) is 3. The van der Waals surface area contributed by atoms with E-state index in [1.54, 1.807) is 0 Å². The molecule has 0 aliphatic carbocycles. The first-order chi connectivity index (χ1) is 8.15. The fraction of sp³-hybridized carbons (Fsp3) is 0.250. The van der Waals surface area contributed by atoms with Gasteiger partial charge in [0.15, 0.2) is 0 Å². The minimum absolute atomic E-state index is 0.866. The number of fused-ring (bicyclic) bond motifs is 1. The Bertz CT molecular complexity index is 576. The maximum Gasteiger partial charge on any atom is 0.141 e. The molecular formula is C12H13BrN4. The monoisotopic (exact) mass is 292 g/mol. The van der Waals surface area contributed by atoms with E-state index in [0.29, 0.717) is 0 Å². The van der Waals surface area contributed by atoms with Crippen molar-refractivity contribution in [3.8, 4) is 11.4 Å². The van der Waals surface area contributed by atoms with Crippen LogP contribution in [0.25, 0.3) is 11.4 Å². The van der Waals surface area contributed by atoms with Gasteiger partial charge in [-0.3, -0.25) is 0 Å². The first kappa shape index (κ1) is 10.8. The summed E-state index contributed by atoms with van der Waals surface area (Å²) < 4.78 is 2.89. The Balaban J connectivity index is 2.08. The van der Waals surface area contributed by atoms with Crippen LogP contribution in [0.2, 0.25) is 0 Å². The number of rotatable bonds is 1. The molecule has 2 heterocycles. The lowest BCUT2D eigenvalue weighted by Crippen LogP contribution is -2.26. The topological polar surface area (TPSA) is 33.1 Å². The first-order valence-corrected chi connectivity index (χ1v) is 6.24. The fourth-order valence-electron chi connectivity index (χ4n) is 2.18. The molecule has 1 aliphatic rings. The molecule has 0 fully saturated rings. The van der Waals surface area contributed by atoms with Crippen LogP contribution < -0.4 is 10.4 Å². The molecule has 17 heavy (non-hydrogen) atoms. The van der Waals surface area contributed by atoms with Crippen molar-refractivity contribution < 1.29 is 0 Å². The molecule has 1 aromatic heterocycles. The molecule has 0 radical (unpaired) electrons. The standard InChI is InChI=1S/C12H13BrN4/c1-16-7-11(13)15-12(16)8-3-4-10-9(5-8)6-14-17(10)2/h3-5,7,14H,6H2,1-2H3. The van der Waals surface area contributed by atoms with Crippen molar-refractivity contribution in [2.75, 3.05) is 12.1 Å². The van der Waals surface area contributed by atoms with Crippen molar-refractivity contribution in [1.82, 2.24) is 15.0 Å². The lowest BCUT2D eigenvalue weighted by atomic mass is 10.1. The van der Waals surface area contributed by atoms with Gasteiger partial charge in [0.1, 0.15) is 10.4 Å². The third-order valence-electron chi connectivity index (χ3n) is 3.05. The predicted molar refractivity (Wildman–Crippen MR) is 71.6 cm³/mol. The van der Waals surface area contributed by atoms with Crippen molar-refractivity contribution in [2.45, 2.75) is 6.54 Å². The molecule has 0 unspecified atom stereocenters. The summed E-state index contributed by atoms with van der Waals surface area (Å²) in [6.07, 6.45) is 1.97. The Morgan fingerprint density at radius 3 is 2.88 bits per heavy atom. The van der Waals surface area contributed by atoms with Gasteiger partial charge in [-0.15, -0.1) is 0 Å². The van der Waals surface area contributed by atoms with Crippen LogP contribution in [-0.2, 0) is 13.6 Å². The Kier molecular flexibility index (Phi) is 2.45. The van der Waals surface area contributed by atoms with Crippen molar-refractivity contribution in [1.29, 1.82) is 0 Å². The predicted octanol–water partition coefficient (Wildman–Crippen LogP) is 2.30. The molecule has 0 bridgehead atoms. The van der Waals surface area contributed by atoms with Crippen LogP contribution in [0.5, 0.6) is 0 Å². The number of imidazole rings is 1. The molecule has 0 saturated carbocycles. The summed E-state index contributed by atoms with van der Waals surface area (Å²) >= 11 is 3.40. The summed E-state index contributed by atoms with van der Waals surface area (Å²) in [6, 6.07) is 6.44. The third kappa shape index (κ3) is 1.75. The number of hydrazine groups is 1. The van der Waals surface area contributed by atoms with Gasteiger partial charge in [-0.05, 0) is 39.7 Å². The van der Waals surface area contributed by atoms with Crippen LogP contribution in [0.1, 0.15) is 5.56 Å². The molecule has 3 rings (SSSR count). The van der Waals surface area contributed by atoms with E-state index in [1.807, 2.05) is 29.9 Å². The average Bonchev–Trinajstić information content (AvgIpc) is 2.82. The van der Waals surface area contributed by atoms with E-state index in [9.17, 15) is 0 Å². The first-order valence-electron chi connectivity index (χ1n) is 5.44. The zero-order valence-electron chi connectivity index (χ0n) is 9.74. The highest BCUT2D eigenvalue weighted by Gasteiger charge is 2.16. The van der Waals surface area contributed by atoms with Crippen molar-refractivity contribution >= 4 is 21.6 Å². The smallest absolute Gasteiger partial charge is 0.141 e. The van der Waals surface area contributed by atoms with Crippen molar-refractivity contribution in [2.24, 2.45) is 7.05 Å². The van der Waals surface area contributed by atoms with Crippen LogP contribution in [0.3, 0.4) is 0 Å². The Morgan fingerprint density at radius 1 is 1.35 bits per heavy atom. The molecule has 0 atom stereocenters. The van der Waals surface area contributed by atoms with E-state index < -0.39 is 0 Å². The molecule has 0 spiro atoms. The number of nitrogens with one attached hydrogen (secondary N) is 1. The molecule has 1 N–H and O–H groups in total. The Morgan fingerprint density at radius 2 is 2.18 bits per heavy atom.